The van der Waals surface area contributed by atoms with Crippen LogP contribution in [-0.2, 0) is 9.59 Å². The van der Waals surface area contributed by atoms with Gasteiger partial charge < -0.3 is 15.1 Å². The molecule has 0 aromatic heterocycles. The first-order chi connectivity index (χ1) is 11.3. The Morgan fingerprint density at radius 1 is 1.12 bits per heavy atom. The number of likely N-dealkylation sites (tertiary alicyclic amines) is 2. The van der Waals surface area contributed by atoms with E-state index in [-0.39, 0.29) is 35.7 Å². The average Bonchev–Trinajstić information content (AvgIpc) is 3.15. The van der Waals surface area contributed by atoms with Crippen LogP contribution in [0.15, 0.2) is 0 Å². The monoisotopic (exact) mass is 371 g/mol. The fraction of sp³-hybridized carbons (Fsp3) is 0.895. The molecule has 0 aliphatic carbocycles. The van der Waals surface area contributed by atoms with Gasteiger partial charge in [0, 0.05) is 32.6 Å². The van der Waals surface area contributed by atoms with Crippen LogP contribution in [0.5, 0.6) is 0 Å². The third-order valence-electron chi connectivity index (χ3n) is 6.01. The fourth-order valence-corrected chi connectivity index (χ4v) is 4.51. The molecule has 6 heteroatoms. The second-order valence-corrected chi connectivity index (χ2v) is 9.23. The summed E-state index contributed by atoms with van der Waals surface area (Å²) in [6.07, 6.45) is 5.76. The molecule has 3 aliphatic heterocycles. The zero-order valence-electron chi connectivity index (χ0n) is 16.0. The quantitative estimate of drug-likeness (QED) is 0.811. The first-order valence-corrected chi connectivity index (χ1v) is 9.59. The maximum atomic E-state index is 13.0. The maximum Gasteiger partial charge on any atom is 0.245 e. The molecule has 1 unspecified atom stereocenters. The van der Waals surface area contributed by atoms with Crippen LogP contribution in [0, 0.1) is 10.8 Å². The predicted octanol–water partition coefficient (Wildman–Crippen LogP) is 2.44. The van der Waals surface area contributed by atoms with Crippen molar-refractivity contribution in [3.8, 4) is 0 Å². The first-order valence-electron chi connectivity index (χ1n) is 9.59. The minimum absolute atomic E-state index is 0. The van der Waals surface area contributed by atoms with Crippen LogP contribution in [0.25, 0.3) is 0 Å². The Kier molecular flexibility index (Phi) is 6.42. The molecule has 0 saturated carbocycles. The van der Waals surface area contributed by atoms with Gasteiger partial charge in [0.2, 0.25) is 11.8 Å². The van der Waals surface area contributed by atoms with Gasteiger partial charge in [0.1, 0.15) is 6.04 Å². The van der Waals surface area contributed by atoms with Crippen LogP contribution >= 0.6 is 12.4 Å². The molecule has 144 valence electrons. The number of rotatable bonds is 2. The van der Waals surface area contributed by atoms with E-state index in [2.05, 4.69) is 26.1 Å². The van der Waals surface area contributed by atoms with Crippen molar-refractivity contribution in [3.05, 3.63) is 0 Å². The van der Waals surface area contributed by atoms with Crippen molar-refractivity contribution < 1.29 is 9.59 Å². The largest absolute Gasteiger partial charge is 0.341 e. The number of hydrogen-bond acceptors (Lipinski definition) is 3. The summed E-state index contributed by atoms with van der Waals surface area (Å²) >= 11 is 0. The van der Waals surface area contributed by atoms with Crippen LogP contribution in [0.2, 0.25) is 0 Å². The normalized spacial score (nSPS) is 26.0. The zero-order valence-corrected chi connectivity index (χ0v) is 16.8. The summed E-state index contributed by atoms with van der Waals surface area (Å²) in [5.74, 6) is 0.336. The summed E-state index contributed by atoms with van der Waals surface area (Å²) in [5.41, 5.74) is 0.397. The molecule has 0 radical (unpaired) electrons. The predicted molar refractivity (Wildman–Crippen MR) is 102 cm³/mol. The lowest BCUT2D eigenvalue weighted by Gasteiger charge is -2.40. The van der Waals surface area contributed by atoms with Gasteiger partial charge in [-0.05, 0) is 49.5 Å². The number of carbonyl (C=O) groups is 2. The number of halogens is 1. The SMILES string of the molecule is CC(C)(C)CC(=O)N1CCCC1C(=O)N1CCC2(CCNC2)CC1.Cl. The lowest BCUT2D eigenvalue weighted by molar-refractivity contribution is -0.146. The second-order valence-electron chi connectivity index (χ2n) is 9.23. The molecule has 3 heterocycles. The molecule has 5 nitrogen and oxygen atoms in total. The molecular formula is C19H34ClN3O2. The van der Waals surface area contributed by atoms with Crippen molar-refractivity contribution >= 4 is 24.2 Å². The Balaban J connectivity index is 0.00000225. The van der Waals surface area contributed by atoms with Gasteiger partial charge in [-0.25, -0.2) is 0 Å². The number of amides is 2. The summed E-state index contributed by atoms with van der Waals surface area (Å²) in [6, 6.07) is -0.212. The molecule has 0 aromatic rings. The third kappa shape index (κ3) is 4.68. The summed E-state index contributed by atoms with van der Waals surface area (Å²) < 4.78 is 0. The van der Waals surface area contributed by atoms with Crippen molar-refractivity contribution in [2.24, 2.45) is 10.8 Å². The number of nitrogens with zero attached hydrogens (tertiary/aromatic N) is 2. The molecule has 3 fully saturated rings. The van der Waals surface area contributed by atoms with E-state index in [0.29, 0.717) is 11.8 Å². The molecule has 0 aromatic carbocycles. The highest BCUT2D eigenvalue weighted by atomic mass is 35.5. The van der Waals surface area contributed by atoms with Gasteiger partial charge in [-0.2, -0.15) is 0 Å². The highest BCUT2D eigenvalue weighted by molar-refractivity contribution is 5.88. The van der Waals surface area contributed by atoms with Gasteiger partial charge in [-0.3, -0.25) is 9.59 Å². The van der Waals surface area contributed by atoms with Gasteiger partial charge in [0.15, 0.2) is 0 Å². The van der Waals surface area contributed by atoms with Crippen molar-refractivity contribution in [1.29, 1.82) is 0 Å². The molecule has 3 aliphatic rings. The van der Waals surface area contributed by atoms with E-state index in [1.807, 2.05) is 9.80 Å². The number of hydrogen-bond donors (Lipinski definition) is 1. The van der Waals surface area contributed by atoms with Gasteiger partial charge in [0.05, 0.1) is 0 Å². The molecule has 0 bridgehead atoms. The Morgan fingerprint density at radius 3 is 2.36 bits per heavy atom. The molecular weight excluding hydrogens is 338 g/mol. The Hall–Kier alpha value is -0.810. The van der Waals surface area contributed by atoms with Crippen LogP contribution < -0.4 is 5.32 Å². The van der Waals surface area contributed by atoms with Crippen molar-refractivity contribution in [1.82, 2.24) is 15.1 Å². The van der Waals surface area contributed by atoms with Crippen LogP contribution in [-0.4, -0.2) is 60.4 Å². The lowest BCUT2D eigenvalue weighted by Crippen LogP contribution is -2.52. The summed E-state index contributed by atoms with van der Waals surface area (Å²) in [6.45, 7) is 10.9. The Labute approximate surface area is 158 Å². The molecule has 3 rings (SSSR count). The van der Waals surface area contributed by atoms with Crippen LogP contribution in [0.4, 0.5) is 0 Å². The van der Waals surface area contributed by atoms with Crippen LogP contribution in [0.1, 0.15) is 59.3 Å². The van der Waals surface area contributed by atoms with E-state index in [1.54, 1.807) is 0 Å². The van der Waals surface area contributed by atoms with E-state index in [9.17, 15) is 9.59 Å². The minimum Gasteiger partial charge on any atom is -0.341 e. The van der Waals surface area contributed by atoms with Crippen molar-refractivity contribution in [2.75, 3.05) is 32.7 Å². The van der Waals surface area contributed by atoms with Crippen molar-refractivity contribution in [3.63, 3.8) is 0 Å². The molecule has 2 amide bonds. The fourth-order valence-electron chi connectivity index (χ4n) is 4.51. The minimum atomic E-state index is -0.212. The van der Waals surface area contributed by atoms with Crippen molar-refractivity contribution in [2.45, 2.75) is 65.3 Å². The standard InChI is InChI=1S/C19H33N3O2.ClH/c1-18(2,3)13-16(23)22-10-4-5-15(22)17(24)21-11-7-19(8-12-21)6-9-20-14-19;/h15,20H,4-14H2,1-3H3;1H. The number of nitrogens with one attached hydrogen (secondary N) is 1. The number of carbonyl (C=O) groups excluding carboxylic acids is 2. The highest BCUT2D eigenvalue weighted by Crippen LogP contribution is 2.37. The van der Waals surface area contributed by atoms with E-state index < -0.39 is 0 Å². The van der Waals surface area contributed by atoms with Gasteiger partial charge >= 0.3 is 0 Å². The lowest BCUT2D eigenvalue weighted by atomic mass is 9.77. The van der Waals surface area contributed by atoms with E-state index in [4.69, 9.17) is 0 Å². The Bertz CT molecular complexity index is 487. The molecule has 3 saturated heterocycles. The van der Waals surface area contributed by atoms with Gasteiger partial charge in [-0.1, -0.05) is 20.8 Å². The van der Waals surface area contributed by atoms with E-state index in [1.165, 1.54) is 6.42 Å². The zero-order chi connectivity index (χ0) is 17.4. The summed E-state index contributed by atoms with van der Waals surface area (Å²) in [4.78, 5) is 29.5. The highest BCUT2D eigenvalue weighted by Gasteiger charge is 2.42. The summed E-state index contributed by atoms with van der Waals surface area (Å²) in [5, 5.41) is 3.47. The molecule has 1 spiro atoms. The molecule has 25 heavy (non-hydrogen) atoms. The van der Waals surface area contributed by atoms with Crippen LogP contribution in [0.3, 0.4) is 0 Å². The maximum absolute atomic E-state index is 13.0. The topological polar surface area (TPSA) is 52.7 Å². The molecule has 1 atom stereocenters. The summed E-state index contributed by atoms with van der Waals surface area (Å²) in [7, 11) is 0. The third-order valence-corrected chi connectivity index (χ3v) is 6.01. The van der Waals surface area contributed by atoms with E-state index in [0.717, 1.165) is 58.4 Å². The first kappa shape index (κ1) is 20.5. The second kappa shape index (κ2) is 7.83. The number of piperidine rings is 1. The van der Waals surface area contributed by atoms with E-state index >= 15 is 0 Å². The average molecular weight is 372 g/mol. The van der Waals surface area contributed by atoms with Gasteiger partial charge in [0.25, 0.3) is 0 Å². The van der Waals surface area contributed by atoms with Gasteiger partial charge in [-0.15, -0.1) is 12.4 Å². The molecule has 1 N–H and O–H groups in total. The smallest absolute Gasteiger partial charge is 0.245 e. The Morgan fingerprint density at radius 2 is 1.80 bits per heavy atom.